The van der Waals surface area contributed by atoms with Gasteiger partial charge in [0.25, 0.3) is 0 Å². The van der Waals surface area contributed by atoms with E-state index in [1.54, 1.807) is 0 Å². The van der Waals surface area contributed by atoms with Crippen molar-refractivity contribution in [3.8, 4) is 0 Å². The molecule has 1 atom stereocenters. The van der Waals surface area contributed by atoms with Gasteiger partial charge in [-0.25, -0.2) is 0 Å². The zero-order valence-electron chi connectivity index (χ0n) is 8.34. The predicted octanol–water partition coefficient (Wildman–Crippen LogP) is 2.05. The fourth-order valence-corrected chi connectivity index (χ4v) is 2.25. The first-order valence-corrected chi connectivity index (χ1v) is 5.29. The number of hydrogen-bond donors (Lipinski definition) is 2. The first kappa shape index (κ1) is 10.0. The van der Waals surface area contributed by atoms with Crippen molar-refractivity contribution < 1.29 is 0 Å². The second-order valence-electron chi connectivity index (χ2n) is 3.96. The van der Waals surface area contributed by atoms with Crippen molar-refractivity contribution in [2.24, 2.45) is 17.7 Å². The van der Waals surface area contributed by atoms with E-state index in [1.807, 2.05) is 0 Å². The Morgan fingerprint density at radius 1 is 1.33 bits per heavy atom. The van der Waals surface area contributed by atoms with Crippen molar-refractivity contribution in [1.29, 1.82) is 0 Å². The molecule has 0 bridgehead atoms. The molecule has 0 radical (unpaired) electrons. The van der Waals surface area contributed by atoms with Crippen molar-refractivity contribution in [2.45, 2.75) is 52.0 Å². The SMILES string of the molecule is CCC(CC)C(NN)C1CCC1. The Kier molecular flexibility index (Phi) is 4.02. The standard InChI is InChI=1S/C10H22N2/c1-3-8(4-2)10(12-11)9-6-5-7-9/h8-10,12H,3-7,11H2,1-2H3. The number of rotatable bonds is 5. The maximum atomic E-state index is 5.59. The van der Waals surface area contributed by atoms with Crippen LogP contribution >= 0.6 is 0 Å². The largest absolute Gasteiger partial charge is 0.271 e. The molecule has 72 valence electrons. The maximum Gasteiger partial charge on any atom is 0.0266 e. The highest BCUT2D eigenvalue weighted by Crippen LogP contribution is 2.34. The van der Waals surface area contributed by atoms with Crippen LogP contribution in [0.3, 0.4) is 0 Å². The zero-order valence-corrected chi connectivity index (χ0v) is 8.34. The van der Waals surface area contributed by atoms with Gasteiger partial charge in [-0.15, -0.1) is 0 Å². The molecule has 0 saturated heterocycles. The van der Waals surface area contributed by atoms with Crippen molar-refractivity contribution in [2.75, 3.05) is 0 Å². The highest BCUT2D eigenvalue weighted by atomic mass is 15.2. The minimum Gasteiger partial charge on any atom is -0.271 e. The van der Waals surface area contributed by atoms with E-state index in [1.165, 1.54) is 32.1 Å². The van der Waals surface area contributed by atoms with Gasteiger partial charge in [0, 0.05) is 6.04 Å². The van der Waals surface area contributed by atoms with Crippen LogP contribution < -0.4 is 11.3 Å². The minimum absolute atomic E-state index is 0.578. The molecular weight excluding hydrogens is 148 g/mol. The second-order valence-corrected chi connectivity index (χ2v) is 3.96. The van der Waals surface area contributed by atoms with Crippen LogP contribution in [0.2, 0.25) is 0 Å². The van der Waals surface area contributed by atoms with Gasteiger partial charge in [-0.1, -0.05) is 33.1 Å². The van der Waals surface area contributed by atoms with Gasteiger partial charge in [-0.2, -0.15) is 0 Å². The molecule has 0 aromatic heterocycles. The van der Waals surface area contributed by atoms with E-state index in [0.717, 1.165) is 11.8 Å². The predicted molar refractivity (Wildman–Crippen MR) is 52.5 cm³/mol. The van der Waals surface area contributed by atoms with Gasteiger partial charge in [-0.3, -0.25) is 11.3 Å². The average molecular weight is 170 g/mol. The molecule has 0 aliphatic heterocycles. The quantitative estimate of drug-likeness (QED) is 0.489. The summed E-state index contributed by atoms with van der Waals surface area (Å²) in [6.07, 6.45) is 6.67. The molecule has 1 unspecified atom stereocenters. The lowest BCUT2D eigenvalue weighted by molar-refractivity contribution is 0.167. The summed E-state index contributed by atoms with van der Waals surface area (Å²) in [5.41, 5.74) is 3.01. The topological polar surface area (TPSA) is 38.0 Å². The fraction of sp³-hybridized carbons (Fsp3) is 1.00. The van der Waals surface area contributed by atoms with Crippen LogP contribution in [0.25, 0.3) is 0 Å². The monoisotopic (exact) mass is 170 g/mol. The Bertz CT molecular complexity index is 117. The maximum absolute atomic E-state index is 5.59. The van der Waals surface area contributed by atoms with Gasteiger partial charge < -0.3 is 0 Å². The lowest BCUT2D eigenvalue weighted by Crippen LogP contribution is -2.48. The van der Waals surface area contributed by atoms with Gasteiger partial charge in [0.15, 0.2) is 0 Å². The highest BCUT2D eigenvalue weighted by molar-refractivity contribution is 4.85. The van der Waals surface area contributed by atoms with Crippen LogP contribution in [0.1, 0.15) is 46.0 Å². The Hall–Kier alpha value is -0.0800. The molecule has 2 heteroatoms. The first-order valence-electron chi connectivity index (χ1n) is 5.29. The molecule has 12 heavy (non-hydrogen) atoms. The van der Waals surface area contributed by atoms with Crippen molar-refractivity contribution >= 4 is 0 Å². The third-order valence-corrected chi connectivity index (χ3v) is 3.41. The average Bonchev–Trinajstić information content (AvgIpc) is 2.01. The Morgan fingerprint density at radius 3 is 2.17 bits per heavy atom. The summed E-state index contributed by atoms with van der Waals surface area (Å²) in [5, 5.41) is 0. The van der Waals surface area contributed by atoms with Crippen LogP contribution in [-0.2, 0) is 0 Å². The molecule has 1 aliphatic rings. The van der Waals surface area contributed by atoms with Crippen LogP contribution in [0.4, 0.5) is 0 Å². The van der Waals surface area contributed by atoms with E-state index in [0.29, 0.717) is 6.04 Å². The molecule has 1 rings (SSSR count). The lowest BCUT2D eigenvalue weighted by Gasteiger charge is -2.37. The summed E-state index contributed by atoms with van der Waals surface area (Å²) in [7, 11) is 0. The van der Waals surface area contributed by atoms with E-state index in [-0.39, 0.29) is 0 Å². The van der Waals surface area contributed by atoms with Gasteiger partial charge in [0.1, 0.15) is 0 Å². The van der Waals surface area contributed by atoms with Crippen LogP contribution in [-0.4, -0.2) is 6.04 Å². The Labute approximate surface area is 75.9 Å². The zero-order chi connectivity index (χ0) is 8.97. The van der Waals surface area contributed by atoms with Crippen LogP contribution in [0.15, 0.2) is 0 Å². The van der Waals surface area contributed by atoms with Crippen LogP contribution in [0, 0.1) is 11.8 Å². The smallest absolute Gasteiger partial charge is 0.0266 e. The van der Waals surface area contributed by atoms with E-state index in [2.05, 4.69) is 19.3 Å². The summed E-state index contributed by atoms with van der Waals surface area (Å²) in [6.45, 7) is 4.52. The number of hydrazine groups is 1. The third-order valence-electron chi connectivity index (χ3n) is 3.41. The van der Waals surface area contributed by atoms with Gasteiger partial charge in [0.2, 0.25) is 0 Å². The summed E-state index contributed by atoms with van der Waals surface area (Å²) in [6, 6.07) is 0.578. The van der Waals surface area contributed by atoms with E-state index in [9.17, 15) is 0 Å². The highest BCUT2D eigenvalue weighted by Gasteiger charge is 2.30. The molecule has 0 amide bonds. The molecule has 0 aromatic carbocycles. The first-order chi connectivity index (χ1) is 5.83. The van der Waals surface area contributed by atoms with Gasteiger partial charge in [0.05, 0.1) is 0 Å². The molecular formula is C10H22N2. The molecule has 0 spiro atoms. The number of hydrogen-bond acceptors (Lipinski definition) is 2. The molecule has 1 fully saturated rings. The number of nitrogens with one attached hydrogen (secondary N) is 1. The minimum atomic E-state index is 0.578. The molecule has 0 heterocycles. The molecule has 1 saturated carbocycles. The second kappa shape index (κ2) is 4.83. The van der Waals surface area contributed by atoms with E-state index < -0.39 is 0 Å². The summed E-state index contributed by atoms with van der Waals surface area (Å²) in [5.74, 6) is 7.22. The van der Waals surface area contributed by atoms with E-state index >= 15 is 0 Å². The van der Waals surface area contributed by atoms with Crippen molar-refractivity contribution in [3.05, 3.63) is 0 Å². The molecule has 0 aromatic rings. The molecule has 3 N–H and O–H groups in total. The summed E-state index contributed by atoms with van der Waals surface area (Å²) >= 11 is 0. The van der Waals surface area contributed by atoms with Gasteiger partial charge in [-0.05, 0) is 24.7 Å². The fourth-order valence-electron chi connectivity index (χ4n) is 2.25. The van der Waals surface area contributed by atoms with Gasteiger partial charge >= 0.3 is 0 Å². The Balaban J connectivity index is 2.40. The van der Waals surface area contributed by atoms with E-state index in [4.69, 9.17) is 5.84 Å². The van der Waals surface area contributed by atoms with Crippen LogP contribution in [0.5, 0.6) is 0 Å². The van der Waals surface area contributed by atoms with Crippen molar-refractivity contribution in [3.63, 3.8) is 0 Å². The Morgan fingerprint density at radius 2 is 1.92 bits per heavy atom. The number of nitrogens with two attached hydrogens (primary N) is 1. The summed E-state index contributed by atoms with van der Waals surface area (Å²) in [4.78, 5) is 0. The summed E-state index contributed by atoms with van der Waals surface area (Å²) < 4.78 is 0. The molecule has 1 aliphatic carbocycles. The molecule has 2 nitrogen and oxygen atoms in total. The lowest BCUT2D eigenvalue weighted by atomic mass is 9.74. The van der Waals surface area contributed by atoms with Crippen molar-refractivity contribution in [1.82, 2.24) is 5.43 Å². The normalized spacial score (nSPS) is 21.0. The third kappa shape index (κ3) is 1.99.